The van der Waals surface area contributed by atoms with Crippen molar-refractivity contribution in [1.29, 1.82) is 0 Å². The summed E-state index contributed by atoms with van der Waals surface area (Å²) in [5, 5.41) is 4.82. The molecule has 0 bridgehead atoms. The van der Waals surface area contributed by atoms with E-state index >= 15 is 0 Å². The van der Waals surface area contributed by atoms with E-state index in [1.165, 1.54) is 11.3 Å². The number of rotatable bonds is 4. The van der Waals surface area contributed by atoms with Crippen molar-refractivity contribution in [2.45, 2.75) is 6.42 Å². The van der Waals surface area contributed by atoms with E-state index in [0.717, 1.165) is 0 Å². The number of aromatic nitrogens is 1. The first-order valence-electron chi connectivity index (χ1n) is 5.35. The second-order valence-corrected chi connectivity index (χ2v) is 5.43. The highest BCUT2D eigenvalue weighted by Crippen LogP contribution is 2.20. The zero-order valence-corrected chi connectivity index (χ0v) is 12.1. The summed E-state index contributed by atoms with van der Waals surface area (Å²) in [5.74, 6) is -0.707. The fraction of sp³-hybridized carbons (Fsp3) is 0.0833. The smallest absolute Gasteiger partial charge is 0.258 e. The van der Waals surface area contributed by atoms with Crippen LogP contribution >= 0.6 is 27.3 Å². The van der Waals surface area contributed by atoms with Crippen molar-refractivity contribution < 1.29 is 9.59 Å². The molecule has 0 atom stereocenters. The van der Waals surface area contributed by atoms with Crippen LogP contribution in [0.4, 0.5) is 5.13 Å². The number of benzene rings is 1. The lowest BCUT2D eigenvalue weighted by Crippen LogP contribution is -2.14. The Morgan fingerprint density at radius 3 is 2.79 bits per heavy atom. The molecule has 0 aliphatic carbocycles. The van der Waals surface area contributed by atoms with E-state index in [1.807, 2.05) is 6.07 Å². The number of nitrogens with zero attached hydrogens (tertiary/aromatic N) is 1. The minimum Gasteiger partial charge on any atom is -0.369 e. The summed E-state index contributed by atoms with van der Waals surface area (Å²) in [6.07, 6.45) is 0.0708. The molecular formula is C12H10BrN3O2S. The number of carbonyl (C=O) groups is 2. The maximum absolute atomic E-state index is 12.0. The first-order valence-corrected chi connectivity index (χ1v) is 7.02. The number of hydrogen-bond acceptors (Lipinski definition) is 4. The number of halogens is 1. The van der Waals surface area contributed by atoms with Crippen LogP contribution in [0.3, 0.4) is 0 Å². The summed E-state index contributed by atoms with van der Waals surface area (Å²) in [5.41, 5.74) is 6.16. The third-order valence-electron chi connectivity index (χ3n) is 2.25. The molecule has 0 unspecified atom stereocenters. The molecule has 0 fully saturated rings. The predicted molar refractivity (Wildman–Crippen MR) is 77.1 cm³/mol. The van der Waals surface area contributed by atoms with Crippen LogP contribution in [-0.2, 0) is 11.2 Å². The van der Waals surface area contributed by atoms with Crippen LogP contribution in [0.1, 0.15) is 16.1 Å². The monoisotopic (exact) mass is 339 g/mol. The highest BCUT2D eigenvalue weighted by Gasteiger charge is 2.12. The molecule has 19 heavy (non-hydrogen) atoms. The van der Waals surface area contributed by atoms with Crippen molar-refractivity contribution in [2.24, 2.45) is 5.73 Å². The third-order valence-corrected chi connectivity index (χ3v) is 3.74. The molecule has 0 saturated heterocycles. The third kappa shape index (κ3) is 3.62. The zero-order chi connectivity index (χ0) is 13.8. The SMILES string of the molecule is NC(=O)Cc1csc(NC(=O)c2ccccc2Br)n1. The van der Waals surface area contributed by atoms with Crippen molar-refractivity contribution in [3.8, 4) is 0 Å². The van der Waals surface area contributed by atoms with Gasteiger partial charge in [-0.05, 0) is 28.1 Å². The molecule has 3 N–H and O–H groups in total. The Labute approximate surface area is 122 Å². The van der Waals surface area contributed by atoms with E-state index < -0.39 is 5.91 Å². The predicted octanol–water partition coefficient (Wildman–Crippen LogP) is 2.19. The minimum atomic E-state index is -0.450. The molecular weight excluding hydrogens is 330 g/mol. The number of anilines is 1. The molecule has 1 aromatic heterocycles. The number of nitrogens with two attached hydrogens (primary N) is 1. The van der Waals surface area contributed by atoms with Gasteiger partial charge in [0.1, 0.15) is 0 Å². The van der Waals surface area contributed by atoms with E-state index in [4.69, 9.17) is 5.73 Å². The van der Waals surface area contributed by atoms with Gasteiger partial charge in [0, 0.05) is 9.85 Å². The number of hydrogen-bond donors (Lipinski definition) is 2. The summed E-state index contributed by atoms with van der Waals surface area (Å²) in [7, 11) is 0. The number of carbonyl (C=O) groups excluding carboxylic acids is 2. The molecule has 2 amide bonds. The van der Waals surface area contributed by atoms with Crippen LogP contribution < -0.4 is 11.1 Å². The Hall–Kier alpha value is -1.73. The number of thiazole rings is 1. The summed E-state index contributed by atoms with van der Waals surface area (Å²) >= 11 is 4.56. The second kappa shape index (κ2) is 5.94. The van der Waals surface area contributed by atoms with E-state index in [9.17, 15) is 9.59 Å². The standard InChI is InChI=1S/C12H10BrN3O2S/c13-9-4-2-1-3-8(9)11(18)16-12-15-7(6-19-12)5-10(14)17/h1-4,6H,5H2,(H2,14,17)(H,15,16,18). The average molecular weight is 340 g/mol. The molecule has 5 nitrogen and oxygen atoms in total. The Kier molecular flexibility index (Phi) is 4.28. The summed E-state index contributed by atoms with van der Waals surface area (Å²) in [6, 6.07) is 7.10. The maximum atomic E-state index is 12.0. The van der Waals surface area contributed by atoms with Gasteiger partial charge in [-0.15, -0.1) is 11.3 Å². The van der Waals surface area contributed by atoms with Gasteiger partial charge in [0.05, 0.1) is 17.7 Å². The topological polar surface area (TPSA) is 85.1 Å². The van der Waals surface area contributed by atoms with Gasteiger partial charge in [0.15, 0.2) is 5.13 Å². The minimum absolute atomic E-state index is 0.0708. The van der Waals surface area contributed by atoms with Crippen molar-refractivity contribution in [3.63, 3.8) is 0 Å². The van der Waals surface area contributed by atoms with Gasteiger partial charge in [-0.3, -0.25) is 14.9 Å². The van der Waals surface area contributed by atoms with Crippen molar-refractivity contribution in [2.75, 3.05) is 5.32 Å². The van der Waals surface area contributed by atoms with E-state index in [1.54, 1.807) is 23.6 Å². The average Bonchev–Trinajstić information content (AvgIpc) is 2.76. The highest BCUT2D eigenvalue weighted by molar-refractivity contribution is 9.10. The Morgan fingerprint density at radius 2 is 2.11 bits per heavy atom. The molecule has 0 aliphatic heterocycles. The van der Waals surface area contributed by atoms with Gasteiger partial charge in [0.25, 0.3) is 5.91 Å². The van der Waals surface area contributed by atoms with Gasteiger partial charge < -0.3 is 5.73 Å². The van der Waals surface area contributed by atoms with E-state index in [2.05, 4.69) is 26.2 Å². The molecule has 0 saturated carbocycles. The molecule has 1 aromatic carbocycles. The molecule has 98 valence electrons. The van der Waals surface area contributed by atoms with E-state index in [-0.39, 0.29) is 12.3 Å². The number of nitrogens with one attached hydrogen (secondary N) is 1. The Bertz CT molecular complexity index is 627. The van der Waals surface area contributed by atoms with Crippen LogP contribution in [0, 0.1) is 0 Å². The molecule has 0 aliphatic rings. The van der Waals surface area contributed by atoms with Crippen molar-refractivity contribution >= 4 is 44.2 Å². The number of primary amides is 1. The lowest BCUT2D eigenvalue weighted by atomic mass is 10.2. The Balaban J connectivity index is 2.09. The normalized spacial score (nSPS) is 10.2. The first-order chi connectivity index (χ1) is 9.06. The summed E-state index contributed by atoms with van der Waals surface area (Å²) in [4.78, 5) is 26.9. The van der Waals surface area contributed by atoms with Gasteiger partial charge >= 0.3 is 0 Å². The maximum Gasteiger partial charge on any atom is 0.258 e. The largest absolute Gasteiger partial charge is 0.369 e. The molecule has 2 aromatic rings. The van der Waals surface area contributed by atoms with Crippen LogP contribution in [0.25, 0.3) is 0 Å². The van der Waals surface area contributed by atoms with Crippen LogP contribution in [-0.4, -0.2) is 16.8 Å². The Morgan fingerprint density at radius 1 is 1.37 bits per heavy atom. The van der Waals surface area contributed by atoms with Gasteiger partial charge in [0.2, 0.25) is 5.91 Å². The fourth-order valence-corrected chi connectivity index (χ4v) is 2.60. The summed E-state index contributed by atoms with van der Waals surface area (Å²) in [6.45, 7) is 0. The first kappa shape index (κ1) is 13.7. The lowest BCUT2D eigenvalue weighted by molar-refractivity contribution is -0.117. The fourth-order valence-electron chi connectivity index (χ4n) is 1.43. The highest BCUT2D eigenvalue weighted by atomic mass is 79.9. The van der Waals surface area contributed by atoms with Crippen LogP contribution in [0.2, 0.25) is 0 Å². The second-order valence-electron chi connectivity index (χ2n) is 3.72. The molecule has 7 heteroatoms. The van der Waals surface area contributed by atoms with Crippen LogP contribution in [0.15, 0.2) is 34.1 Å². The van der Waals surface area contributed by atoms with Gasteiger partial charge in [-0.2, -0.15) is 0 Å². The molecule has 0 radical (unpaired) electrons. The zero-order valence-electron chi connectivity index (χ0n) is 9.72. The van der Waals surface area contributed by atoms with Crippen molar-refractivity contribution in [3.05, 3.63) is 45.4 Å². The van der Waals surface area contributed by atoms with Gasteiger partial charge in [-0.1, -0.05) is 12.1 Å². The number of amides is 2. The molecule has 0 spiro atoms. The van der Waals surface area contributed by atoms with Crippen LogP contribution in [0.5, 0.6) is 0 Å². The lowest BCUT2D eigenvalue weighted by Gasteiger charge is -2.03. The molecule has 1 heterocycles. The summed E-state index contributed by atoms with van der Waals surface area (Å²) < 4.78 is 0.710. The quantitative estimate of drug-likeness (QED) is 0.895. The molecule has 2 rings (SSSR count). The van der Waals surface area contributed by atoms with Gasteiger partial charge in [-0.25, -0.2) is 4.98 Å². The van der Waals surface area contributed by atoms with E-state index in [0.29, 0.717) is 20.9 Å². The van der Waals surface area contributed by atoms with Crippen molar-refractivity contribution in [1.82, 2.24) is 4.98 Å².